The van der Waals surface area contributed by atoms with Crippen LogP contribution in [0.2, 0.25) is 5.02 Å². The van der Waals surface area contributed by atoms with Gasteiger partial charge >= 0.3 is 0 Å². The second-order valence-electron chi connectivity index (χ2n) is 16.2. The topological polar surface area (TPSA) is 176 Å². The van der Waals surface area contributed by atoms with Crippen LogP contribution in [0.1, 0.15) is 67.5 Å². The van der Waals surface area contributed by atoms with E-state index < -0.39 is 23.8 Å². The van der Waals surface area contributed by atoms with Crippen LogP contribution in [-0.2, 0) is 9.59 Å². The van der Waals surface area contributed by atoms with Crippen molar-refractivity contribution in [1.82, 2.24) is 35.0 Å². The lowest BCUT2D eigenvalue weighted by molar-refractivity contribution is -0.136. The molecule has 16 nitrogen and oxygen atoms in total. The summed E-state index contributed by atoms with van der Waals surface area (Å²) in [6, 6.07) is 12.4. The monoisotopic (exact) mass is 851 g/mol. The Morgan fingerprint density at radius 2 is 1.67 bits per heavy atom. The van der Waals surface area contributed by atoms with Gasteiger partial charge in [0.05, 0.1) is 28.0 Å². The van der Waals surface area contributed by atoms with E-state index >= 15 is 0 Å². The molecule has 5 amide bonds. The molecule has 18 heteroatoms. The molecule has 0 bridgehead atoms. The van der Waals surface area contributed by atoms with Crippen LogP contribution in [0, 0.1) is 19.8 Å². The number of aryl methyl sites for hydroxylation is 2. The molecule has 4 aromatic rings. The molecule has 2 aromatic carbocycles. The lowest BCUT2D eigenvalue weighted by Gasteiger charge is -2.46. The highest BCUT2D eigenvalue weighted by Crippen LogP contribution is 2.34. The minimum atomic E-state index is -0.965. The van der Waals surface area contributed by atoms with Crippen molar-refractivity contribution in [1.29, 1.82) is 0 Å². The summed E-state index contributed by atoms with van der Waals surface area (Å²) in [5, 5.41) is 9.46. The summed E-state index contributed by atoms with van der Waals surface area (Å²) in [5.41, 5.74) is 2.99. The van der Waals surface area contributed by atoms with E-state index in [-0.39, 0.29) is 24.7 Å². The van der Waals surface area contributed by atoms with E-state index in [9.17, 15) is 24.0 Å². The number of rotatable bonds is 10. The van der Waals surface area contributed by atoms with Crippen molar-refractivity contribution in [2.24, 2.45) is 5.92 Å². The van der Waals surface area contributed by atoms with Crippen molar-refractivity contribution < 1.29 is 24.0 Å². The van der Waals surface area contributed by atoms with Crippen LogP contribution < -0.4 is 25.8 Å². The maximum atomic E-state index is 13.3. The van der Waals surface area contributed by atoms with Gasteiger partial charge in [0.2, 0.25) is 11.8 Å². The first kappa shape index (κ1) is 39.9. The second-order valence-corrected chi connectivity index (χ2v) is 17.6. The van der Waals surface area contributed by atoms with E-state index in [0.717, 1.165) is 93.7 Å². The van der Waals surface area contributed by atoms with Crippen molar-refractivity contribution in [2.75, 3.05) is 79.3 Å². The lowest BCUT2D eigenvalue weighted by Crippen LogP contribution is -2.55. The molecule has 4 saturated heterocycles. The number of hydrogen-bond donors (Lipinski definition) is 3. The van der Waals surface area contributed by atoms with Gasteiger partial charge in [-0.1, -0.05) is 35.1 Å². The van der Waals surface area contributed by atoms with E-state index in [1.807, 2.05) is 38.1 Å². The summed E-state index contributed by atoms with van der Waals surface area (Å²) in [4.78, 5) is 88.4. The fourth-order valence-corrected chi connectivity index (χ4v) is 9.98. The van der Waals surface area contributed by atoms with E-state index in [4.69, 9.17) is 16.6 Å². The number of para-hydroxylation sites is 1. The number of likely N-dealkylation sites (tertiary alicyclic amines) is 1. The molecule has 1 unspecified atom stereocenters. The lowest BCUT2D eigenvalue weighted by atomic mass is 9.95. The number of aromatic nitrogens is 3. The number of imide groups is 2. The van der Waals surface area contributed by atoms with E-state index in [2.05, 4.69) is 45.5 Å². The molecule has 5 aliphatic rings. The van der Waals surface area contributed by atoms with Crippen LogP contribution in [0.5, 0.6) is 0 Å². The second kappa shape index (κ2) is 16.5. The molecule has 9 rings (SSSR count). The zero-order chi connectivity index (χ0) is 41.7. The number of halogens is 1. The minimum Gasteiger partial charge on any atom is -0.371 e. The van der Waals surface area contributed by atoms with Gasteiger partial charge in [-0.25, -0.2) is 15.0 Å². The minimum absolute atomic E-state index is 0.0967. The molecule has 312 valence electrons. The molecule has 0 saturated carbocycles. The first-order chi connectivity index (χ1) is 29.0. The van der Waals surface area contributed by atoms with Crippen LogP contribution in [-0.4, -0.2) is 130 Å². The first-order valence-electron chi connectivity index (χ1n) is 20.4. The molecule has 0 aliphatic carbocycles. The Morgan fingerprint density at radius 3 is 2.42 bits per heavy atom. The molecular formula is C42H46ClN11O5S. The number of amides is 5. The van der Waals surface area contributed by atoms with Gasteiger partial charge in [-0.15, -0.1) is 0 Å². The average Bonchev–Trinajstić information content (AvgIpc) is 3.78. The number of nitrogens with zero attached hydrogens (tertiary/aromatic N) is 8. The van der Waals surface area contributed by atoms with Gasteiger partial charge in [0.25, 0.3) is 17.7 Å². The Labute approximate surface area is 356 Å². The molecule has 5 aliphatic heterocycles. The van der Waals surface area contributed by atoms with Crippen molar-refractivity contribution in [3.8, 4) is 0 Å². The van der Waals surface area contributed by atoms with Crippen LogP contribution in [0.4, 0.5) is 28.1 Å². The van der Waals surface area contributed by atoms with Gasteiger partial charge in [-0.3, -0.25) is 39.1 Å². The fourth-order valence-electron chi connectivity index (χ4n) is 8.99. The van der Waals surface area contributed by atoms with Crippen LogP contribution in [0.15, 0.2) is 48.7 Å². The van der Waals surface area contributed by atoms with Gasteiger partial charge in [0.1, 0.15) is 28.4 Å². The van der Waals surface area contributed by atoms with Crippen LogP contribution in [0.25, 0.3) is 0 Å². The molecule has 60 heavy (non-hydrogen) atoms. The summed E-state index contributed by atoms with van der Waals surface area (Å²) in [7, 11) is 0. The molecule has 2 aromatic heterocycles. The van der Waals surface area contributed by atoms with Crippen molar-refractivity contribution >= 4 is 80.6 Å². The highest BCUT2D eigenvalue weighted by Gasteiger charge is 2.45. The fraction of sp³-hybridized carbons (Fsp3) is 0.429. The Bertz CT molecular complexity index is 2350. The summed E-state index contributed by atoms with van der Waals surface area (Å²) in [5.74, 6) is 0.445. The Balaban J connectivity index is 0.718. The highest BCUT2D eigenvalue weighted by atomic mass is 35.5. The number of piperazine rings is 1. The maximum Gasteiger partial charge on any atom is 0.267 e. The number of hydrogen-bond acceptors (Lipinski definition) is 14. The largest absolute Gasteiger partial charge is 0.371 e. The summed E-state index contributed by atoms with van der Waals surface area (Å²) in [6.45, 7) is 12.4. The Morgan fingerprint density at radius 1 is 0.900 bits per heavy atom. The first-order valence-corrected chi connectivity index (χ1v) is 21.6. The number of carbonyl (C=O) groups excluding carboxylic acids is 5. The predicted octanol–water partition coefficient (Wildman–Crippen LogP) is 4.32. The predicted molar refractivity (Wildman–Crippen MR) is 228 cm³/mol. The zero-order valence-electron chi connectivity index (χ0n) is 33.4. The average molecular weight is 852 g/mol. The van der Waals surface area contributed by atoms with Crippen molar-refractivity contribution in [3.63, 3.8) is 0 Å². The molecule has 4 fully saturated rings. The van der Waals surface area contributed by atoms with Gasteiger partial charge in [-0.2, -0.15) is 0 Å². The number of fused-ring (bicyclic) bond motifs is 1. The van der Waals surface area contributed by atoms with Crippen molar-refractivity contribution in [2.45, 2.75) is 51.6 Å². The van der Waals surface area contributed by atoms with E-state index in [1.54, 1.807) is 24.4 Å². The number of piperidine rings is 2. The van der Waals surface area contributed by atoms with Gasteiger partial charge in [0.15, 0.2) is 5.13 Å². The summed E-state index contributed by atoms with van der Waals surface area (Å²) in [6.07, 6.45) is 4.05. The number of carbonyl (C=O) groups is 5. The van der Waals surface area contributed by atoms with Gasteiger partial charge < -0.3 is 25.3 Å². The summed E-state index contributed by atoms with van der Waals surface area (Å²) >= 11 is 7.55. The molecule has 1 atom stereocenters. The third-order valence-electron chi connectivity index (χ3n) is 12.2. The Hall–Kier alpha value is -5.49. The third kappa shape index (κ3) is 8.06. The molecule has 3 N–H and O–H groups in total. The number of thiazole rings is 1. The third-order valence-corrected chi connectivity index (χ3v) is 13.4. The molecular weight excluding hydrogens is 806 g/mol. The highest BCUT2D eigenvalue weighted by molar-refractivity contribution is 7.17. The molecule has 0 spiro atoms. The standard InChI is InChI=1S/C42H46ClN11O5S/c1-24-4-3-5-31(43)37(24)49-39(57)33-20-44-42(60-33)47-34-19-35(46-25(2)45-34)52-16-14-51(15-17-52)27-10-12-50(13-11-27)21-26-22-53(23-26)28-6-7-29-30(18-28)41(59)54(40(29)58)32-8-9-36(55)48-38(32)56/h3-7,18-20,26-27,32H,8-17,21-23H2,1-2H3,(H,49,57)(H,48,55,56)(H,44,45,46,47). The quantitative estimate of drug-likeness (QED) is 0.193. The molecule has 7 heterocycles. The normalized spacial score (nSPS) is 20.6. The molecule has 0 radical (unpaired) electrons. The SMILES string of the molecule is Cc1nc(Nc2ncc(C(=O)Nc3c(C)cccc3Cl)s2)cc(N2CCN(C3CCN(CC4CN(c5ccc6c(c5)C(=O)N(C5CCC(=O)NC5=O)C6=O)C4)CC3)CC2)n1. The van der Waals surface area contributed by atoms with E-state index in [1.165, 1.54) is 11.3 Å². The van der Waals surface area contributed by atoms with Crippen molar-refractivity contribution in [3.05, 3.63) is 81.1 Å². The van der Waals surface area contributed by atoms with Crippen LogP contribution in [0.3, 0.4) is 0 Å². The summed E-state index contributed by atoms with van der Waals surface area (Å²) < 4.78 is 0. The number of anilines is 5. The Kier molecular flexibility index (Phi) is 11.0. The maximum absolute atomic E-state index is 13.3. The van der Waals surface area contributed by atoms with Gasteiger partial charge in [0, 0.05) is 75.9 Å². The van der Waals surface area contributed by atoms with E-state index in [0.29, 0.717) is 55.4 Å². The number of benzene rings is 2. The smallest absolute Gasteiger partial charge is 0.267 e. The zero-order valence-corrected chi connectivity index (χ0v) is 35.0. The number of nitrogens with one attached hydrogen (secondary N) is 3. The van der Waals surface area contributed by atoms with Crippen LogP contribution >= 0.6 is 22.9 Å². The van der Waals surface area contributed by atoms with Gasteiger partial charge in [-0.05, 0) is 76.0 Å².